The Kier molecular flexibility index (Phi) is 4.54. The fourth-order valence-electron chi connectivity index (χ4n) is 3.50. The maximum Gasteiger partial charge on any atom is 0.328 e. The largest absolute Gasteiger partial charge is 0.328 e. The van der Waals surface area contributed by atoms with Crippen LogP contribution in [0.1, 0.15) is 12.8 Å². The van der Waals surface area contributed by atoms with Crippen molar-refractivity contribution in [3.05, 3.63) is 28.7 Å². The Labute approximate surface area is 141 Å². The van der Waals surface area contributed by atoms with E-state index < -0.39 is 10.0 Å². The highest BCUT2D eigenvalue weighted by Gasteiger charge is 2.30. The minimum absolute atomic E-state index is 0.161. The van der Waals surface area contributed by atoms with E-state index in [4.69, 9.17) is 0 Å². The van der Waals surface area contributed by atoms with E-state index >= 15 is 0 Å². The molecule has 132 valence electrons. The van der Waals surface area contributed by atoms with Crippen molar-refractivity contribution in [1.29, 1.82) is 0 Å². The molecule has 3 rings (SSSR count). The van der Waals surface area contributed by atoms with Crippen LogP contribution in [0.15, 0.2) is 27.9 Å². The highest BCUT2D eigenvalue weighted by molar-refractivity contribution is 7.89. The van der Waals surface area contributed by atoms with Gasteiger partial charge >= 0.3 is 5.69 Å². The summed E-state index contributed by atoms with van der Waals surface area (Å²) in [4.78, 5) is 12.3. The molecule has 1 aromatic carbocycles. The molecule has 1 saturated heterocycles. The van der Waals surface area contributed by atoms with Gasteiger partial charge in [-0.2, -0.15) is 4.31 Å². The van der Waals surface area contributed by atoms with Gasteiger partial charge in [0.2, 0.25) is 10.0 Å². The maximum atomic E-state index is 13.0. The molecule has 0 aliphatic carbocycles. The van der Waals surface area contributed by atoms with Gasteiger partial charge in [0.1, 0.15) is 0 Å². The number of hydrogen-bond donors (Lipinski definition) is 1. The first-order valence-corrected chi connectivity index (χ1v) is 9.60. The summed E-state index contributed by atoms with van der Waals surface area (Å²) >= 11 is 0. The van der Waals surface area contributed by atoms with Gasteiger partial charge in [-0.1, -0.05) is 0 Å². The van der Waals surface area contributed by atoms with E-state index in [-0.39, 0.29) is 10.6 Å². The third-order valence-electron chi connectivity index (χ3n) is 4.86. The van der Waals surface area contributed by atoms with E-state index in [1.807, 2.05) is 7.05 Å². The normalized spacial score (nSPS) is 19.9. The van der Waals surface area contributed by atoms with Crippen LogP contribution in [0.25, 0.3) is 11.0 Å². The monoisotopic (exact) mass is 352 g/mol. The summed E-state index contributed by atoms with van der Waals surface area (Å²) < 4.78 is 30.6. The fraction of sp³-hybridized carbons (Fsp3) is 0.562. The van der Waals surface area contributed by atoms with Crippen molar-refractivity contribution in [2.24, 2.45) is 20.0 Å². The lowest BCUT2D eigenvalue weighted by molar-refractivity contribution is 0.263. The summed E-state index contributed by atoms with van der Waals surface area (Å²) in [6, 6.07) is 4.91. The number of piperidine rings is 1. The molecule has 0 bridgehead atoms. The van der Waals surface area contributed by atoms with Crippen LogP contribution < -0.4 is 11.0 Å². The number of aromatic nitrogens is 2. The van der Waals surface area contributed by atoms with Crippen LogP contribution in [0.4, 0.5) is 0 Å². The van der Waals surface area contributed by atoms with Gasteiger partial charge in [-0.05, 0) is 50.6 Å². The highest BCUT2D eigenvalue weighted by Crippen LogP contribution is 2.25. The van der Waals surface area contributed by atoms with Crippen LogP contribution in [0.5, 0.6) is 0 Å². The molecule has 1 aliphatic rings. The van der Waals surface area contributed by atoms with E-state index in [1.165, 1.54) is 9.13 Å². The van der Waals surface area contributed by atoms with Crippen LogP contribution in [0, 0.1) is 5.92 Å². The molecule has 0 saturated carbocycles. The summed E-state index contributed by atoms with van der Waals surface area (Å²) in [5, 5.41) is 3.13. The number of benzene rings is 1. The van der Waals surface area contributed by atoms with Crippen molar-refractivity contribution in [2.45, 2.75) is 17.7 Å². The van der Waals surface area contributed by atoms with E-state index in [0.717, 1.165) is 24.9 Å². The molecule has 1 atom stereocenters. The van der Waals surface area contributed by atoms with E-state index in [2.05, 4.69) is 5.32 Å². The molecule has 1 aromatic heterocycles. The van der Waals surface area contributed by atoms with Gasteiger partial charge in [-0.25, -0.2) is 13.2 Å². The first-order chi connectivity index (χ1) is 11.4. The molecule has 7 nitrogen and oxygen atoms in total. The summed E-state index contributed by atoms with van der Waals surface area (Å²) in [6.45, 7) is 1.90. The lowest BCUT2D eigenvalue weighted by Gasteiger charge is -2.31. The Hall–Kier alpha value is -1.64. The van der Waals surface area contributed by atoms with Gasteiger partial charge in [0.25, 0.3) is 0 Å². The number of hydrogen-bond acceptors (Lipinski definition) is 4. The molecule has 1 aliphatic heterocycles. The van der Waals surface area contributed by atoms with Gasteiger partial charge in [0, 0.05) is 27.2 Å². The van der Waals surface area contributed by atoms with Gasteiger partial charge in [-0.15, -0.1) is 0 Å². The Bertz CT molecular complexity index is 911. The topological polar surface area (TPSA) is 76.3 Å². The first-order valence-electron chi connectivity index (χ1n) is 8.16. The standard InChI is InChI=1S/C16H24N4O3S/c1-17-10-12-5-4-8-20(11-12)24(22,23)13-6-7-14-15(9-13)19(3)16(21)18(14)2/h6-7,9,12,17H,4-5,8,10-11H2,1-3H3. The Morgan fingerprint density at radius 1 is 1.21 bits per heavy atom. The maximum absolute atomic E-state index is 13.0. The van der Waals surface area contributed by atoms with Gasteiger partial charge in [0.05, 0.1) is 15.9 Å². The molecule has 2 aromatic rings. The zero-order valence-corrected chi connectivity index (χ0v) is 15.1. The molecule has 24 heavy (non-hydrogen) atoms. The minimum Gasteiger partial charge on any atom is -0.319 e. The average Bonchev–Trinajstić information content (AvgIpc) is 2.80. The van der Waals surface area contributed by atoms with Crippen molar-refractivity contribution in [3.8, 4) is 0 Å². The fourth-order valence-corrected chi connectivity index (χ4v) is 5.07. The van der Waals surface area contributed by atoms with Gasteiger partial charge < -0.3 is 5.32 Å². The van der Waals surface area contributed by atoms with Crippen molar-refractivity contribution < 1.29 is 8.42 Å². The minimum atomic E-state index is -3.54. The van der Waals surface area contributed by atoms with E-state index in [0.29, 0.717) is 24.5 Å². The zero-order valence-electron chi connectivity index (χ0n) is 14.3. The lowest BCUT2D eigenvalue weighted by atomic mass is 10.00. The number of aryl methyl sites for hydroxylation is 2. The number of fused-ring (bicyclic) bond motifs is 1. The van der Waals surface area contributed by atoms with Crippen LogP contribution in [0.3, 0.4) is 0 Å². The Morgan fingerprint density at radius 3 is 2.62 bits per heavy atom. The Morgan fingerprint density at radius 2 is 1.92 bits per heavy atom. The van der Waals surface area contributed by atoms with E-state index in [1.54, 1.807) is 36.6 Å². The Balaban J connectivity index is 1.99. The molecule has 1 N–H and O–H groups in total. The molecular weight excluding hydrogens is 328 g/mol. The predicted octanol–water partition coefficient (Wildman–Crippen LogP) is 0.497. The predicted molar refractivity (Wildman–Crippen MR) is 93.6 cm³/mol. The second-order valence-corrected chi connectivity index (χ2v) is 8.42. The number of nitrogens with zero attached hydrogens (tertiary/aromatic N) is 3. The molecule has 0 amide bonds. The van der Waals surface area contributed by atoms with Crippen LogP contribution in [-0.4, -0.2) is 48.5 Å². The summed E-state index contributed by atoms with van der Waals surface area (Å²) in [7, 11) is 1.69. The van der Waals surface area contributed by atoms with Crippen LogP contribution in [-0.2, 0) is 24.1 Å². The van der Waals surface area contributed by atoms with Gasteiger partial charge in [0.15, 0.2) is 0 Å². The van der Waals surface area contributed by atoms with E-state index in [9.17, 15) is 13.2 Å². The smallest absolute Gasteiger partial charge is 0.319 e. The zero-order chi connectivity index (χ0) is 17.5. The lowest BCUT2D eigenvalue weighted by Crippen LogP contribution is -2.42. The number of nitrogens with one attached hydrogen (secondary N) is 1. The van der Waals surface area contributed by atoms with Crippen LogP contribution in [0.2, 0.25) is 0 Å². The molecule has 1 fully saturated rings. The molecule has 2 heterocycles. The number of imidazole rings is 1. The SMILES string of the molecule is CNCC1CCCN(S(=O)(=O)c2ccc3c(c2)n(C)c(=O)n3C)C1. The number of sulfonamides is 1. The van der Waals surface area contributed by atoms with Crippen LogP contribution >= 0.6 is 0 Å². The molecular formula is C16H24N4O3S. The summed E-state index contributed by atoms with van der Waals surface area (Å²) in [5.74, 6) is 0.336. The molecule has 8 heteroatoms. The third kappa shape index (κ3) is 2.78. The molecule has 0 radical (unpaired) electrons. The molecule has 0 spiro atoms. The second kappa shape index (κ2) is 6.34. The highest BCUT2D eigenvalue weighted by atomic mass is 32.2. The average molecular weight is 352 g/mol. The van der Waals surface area contributed by atoms with Crippen molar-refractivity contribution >= 4 is 21.1 Å². The first kappa shape index (κ1) is 17.2. The van der Waals surface area contributed by atoms with Gasteiger partial charge in [-0.3, -0.25) is 9.13 Å². The van der Waals surface area contributed by atoms with Crippen molar-refractivity contribution in [2.75, 3.05) is 26.7 Å². The number of rotatable bonds is 4. The third-order valence-corrected chi connectivity index (χ3v) is 6.72. The summed E-state index contributed by atoms with van der Waals surface area (Å²) in [5.41, 5.74) is 1.20. The summed E-state index contributed by atoms with van der Waals surface area (Å²) in [6.07, 6.45) is 1.91. The second-order valence-electron chi connectivity index (χ2n) is 6.48. The quantitative estimate of drug-likeness (QED) is 0.869. The molecule has 1 unspecified atom stereocenters. The van der Waals surface area contributed by atoms with Crippen molar-refractivity contribution in [3.63, 3.8) is 0 Å². The van der Waals surface area contributed by atoms with Crippen molar-refractivity contribution in [1.82, 2.24) is 18.8 Å².